The Balaban J connectivity index is 1.81. The minimum Gasteiger partial charge on any atom is -0.398 e. The molecule has 2 N–H and O–H groups in total. The zero-order chi connectivity index (χ0) is 18.4. The molecule has 25 heavy (non-hydrogen) atoms. The Morgan fingerprint density at radius 2 is 1.96 bits per heavy atom. The summed E-state index contributed by atoms with van der Waals surface area (Å²) in [6, 6.07) is 4.47. The molecule has 0 radical (unpaired) electrons. The summed E-state index contributed by atoms with van der Waals surface area (Å²) < 4.78 is 11.9. The molecule has 0 spiro atoms. The average molecular weight is 363 g/mol. The van der Waals surface area contributed by atoms with Crippen LogP contribution in [-0.4, -0.2) is 59.6 Å². The second-order valence-electron chi connectivity index (χ2n) is 7.04. The van der Waals surface area contributed by atoms with Crippen LogP contribution >= 0.6 is 7.14 Å². The van der Waals surface area contributed by atoms with Crippen molar-refractivity contribution in [1.29, 1.82) is 0 Å². The summed E-state index contributed by atoms with van der Waals surface area (Å²) in [7, 11) is -2.34. The molecule has 1 atom stereocenters. The van der Waals surface area contributed by atoms with Crippen molar-refractivity contribution < 1.29 is 18.9 Å². The second-order valence-corrected chi connectivity index (χ2v) is 10.6. The van der Waals surface area contributed by atoms with Gasteiger partial charge in [0.25, 0.3) is 11.8 Å². The lowest BCUT2D eigenvalue weighted by molar-refractivity contribution is -0.151. The Labute approximate surface area is 146 Å². The Morgan fingerprint density at radius 3 is 2.60 bits per heavy atom. The highest BCUT2D eigenvalue weighted by atomic mass is 31.2. The third kappa shape index (κ3) is 3.33. The van der Waals surface area contributed by atoms with Gasteiger partial charge in [0.2, 0.25) is 5.91 Å². The first kappa shape index (κ1) is 17.7. The van der Waals surface area contributed by atoms with E-state index in [-0.39, 0.29) is 37.2 Å². The number of anilines is 1. The number of carbonyl (C=O) groups is 3. The molecule has 2 heterocycles. The van der Waals surface area contributed by atoms with E-state index in [0.717, 1.165) is 10.5 Å². The number of nitrogens with zero attached hydrogens (tertiary/aromatic N) is 2. The molecule has 1 aromatic carbocycles. The number of nitrogen functional groups attached to an aromatic ring is 1. The fourth-order valence-electron chi connectivity index (χ4n) is 3.32. The van der Waals surface area contributed by atoms with E-state index in [0.29, 0.717) is 23.8 Å². The molecule has 2 aliphatic heterocycles. The molecule has 0 bridgehead atoms. The van der Waals surface area contributed by atoms with Crippen molar-refractivity contribution in [1.82, 2.24) is 9.80 Å². The molecule has 1 fully saturated rings. The van der Waals surface area contributed by atoms with Crippen LogP contribution in [0.4, 0.5) is 5.69 Å². The van der Waals surface area contributed by atoms with Crippen LogP contribution in [-0.2, 0) is 20.7 Å². The molecular formula is C17H22N3O4P. The van der Waals surface area contributed by atoms with Gasteiger partial charge in [-0.2, -0.15) is 0 Å². The van der Waals surface area contributed by atoms with E-state index >= 15 is 0 Å². The molecule has 0 aromatic heterocycles. The maximum Gasteiger partial charge on any atom is 0.255 e. The van der Waals surface area contributed by atoms with E-state index in [4.69, 9.17) is 5.73 Å². The summed E-state index contributed by atoms with van der Waals surface area (Å²) in [6.07, 6.45) is 0.797. The van der Waals surface area contributed by atoms with Gasteiger partial charge in [0.15, 0.2) is 0 Å². The number of amides is 3. The standard InChI is InChI=1S/C17H22N3O4P/c1-25(2,24)9-8-19-15(21)7-6-14(17(19)23)20-10-12-11(16(20)22)4-3-5-13(12)18/h3-5,14H,6-10,18H2,1-2H3. The fourth-order valence-corrected chi connectivity index (χ4v) is 4.00. The predicted octanol–water partition coefficient (Wildman–Crippen LogP) is 1.36. The molecule has 1 aromatic rings. The van der Waals surface area contributed by atoms with E-state index in [1.165, 1.54) is 4.90 Å². The maximum absolute atomic E-state index is 12.8. The van der Waals surface area contributed by atoms with Crippen molar-refractivity contribution in [3.8, 4) is 0 Å². The summed E-state index contributed by atoms with van der Waals surface area (Å²) in [5.41, 5.74) is 7.72. The largest absolute Gasteiger partial charge is 0.398 e. The molecule has 3 rings (SSSR count). The lowest BCUT2D eigenvalue weighted by Crippen LogP contribution is -2.55. The third-order valence-corrected chi connectivity index (χ3v) is 6.03. The molecule has 1 unspecified atom stereocenters. The van der Waals surface area contributed by atoms with Crippen molar-refractivity contribution in [2.75, 3.05) is 31.8 Å². The van der Waals surface area contributed by atoms with Crippen LogP contribution in [0.25, 0.3) is 0 Å². The average Bonchev–Trinajstić information content (AvgIpc) is 2.85. The Kier molecular flexibility index (Phi) is 4.45. The number of hydrogen-bond acceptors (Lipinski definition) is 5. The molecule has 134 valence electrons. The van der Waals surface area contributed by atoms with Gasteiger partial charge in [-0.1, -0.05) is 6.07 Å². The van der Waals surface area contributed by atoms with E-state index < -0.39 is 13.2 Å². The summed E-state index contributed by atoms with van der Waals surface area (Å²) in [5.74, 6) is -0.880. The Morgan fingerprint density at radius 1 is 1.24 bits per heavy atom. The van der Waals surface area contributed by atoms with Crippen LogP contribution < -0.4 is 5.73 Å². The van der Waals surface area contributed by atoms with Crippen molar-refractivity contribution in [2.24, 2.45) is 0 Å². The Hall–Kier alpha value is -2.14. The Bertz CT molecular complexity index is 801. The molecule has 8 heteroatoms. The topological polar surface area (TPSA) is 101 Å². The quantitative estimate of drug-likeness (QED) is 0.495. The minimum atomic E-state index is -2.34. The number of nitrogens with two attached hydrogens (primary N) is 1. The number of imide groups is 1. The first-order chi connectivity index (χ1) is 11.7. The summed E-state index contributed by atoms with van der Waals surface area (Å²) in [5, 5.41) is 0. The van der Waals surface area contributed by atoms with Gasteiger partial charge in [-0.05, 0) is 31.9 Å². The molecule has 0 saturated carbocycles. The van der Waals surface area contributed by atoms with Crippen LogP contribution in [0.2, 0.25) is 0 Å². The van der Waals surface area contributed by atoms with Crippen LogP contribution in [0.15, 0.2) is 18.2 Å². The smallest absolute Gasteiger partial charge is 0.255 e. The number of hydrogen-bond donors (Lipinski definition) is 1. The molecule has 0 aliphatic carbocycles. The molecular weight excluding hydrogens is 341 g/mol. The number of carbonyl (C=O) groups excluding carboxylic acids is 3. The van der Waals surface area contributed by atoms with E-state index in [1.807, 2.05) is 0 Å². The van der Waals surface area contributed by atoms with Crippen LogP contribution in [0.1, 0.15) is 28.8 Å². The number of piperidine rings is 1. The fraction of sp³-hybridized carbons (Fsp3) is 0.471. The van der Waals surface area contributed by atoms with Crippen molar-refractivity contribution in [3.05, 3.63) is 29.3 Å². The van der Waals surface area contributed by atoms with Crippen molar-refractivity contribution in [2.45, 2.75) is 25.4 Å². The van der Waals surface area contributed by atoms with Gasteiger partial charge in [0.1, 0.15) is 6.04 Å². The predicted molar refractivity (Wildman–Crippen MR) is 94.8 cm³/mol. The van der Waals surface area contributed by atoms with Crippen molar-refractivity contribution in [3.63, 3.8) is 0 Å². The van der Waals surface area contributed by atoms with Crippen LogP contribution in [0, 0.1) is 0 Å². The van der Waals surface area contributed by atoms with Gasteiger partial charge in [0, 0.05) is 42.5 Å². The lowest BCUT2D eigenvalue weighted by Gasteiger charge is -2.35. The second kappa shape index (κ2) is 6.30. The highest BCUT2D eigenvalue weighted by molar-refractivity contribution is 7.62. The van der Waals surface area contributed by atoms with Gasteiger partial charge >= 0.3 is 0 Å². The normalized spacial score (nSPS) is 21.0. The van der Waals surface area contributed by atoms with E-state index in [1.54, 1.807) is 31.5 Å². The molecule has 2 aliphatic rings. The highest BCUT2D eigenvalue weighted by Gasteiger charge is 2.43. The van der Waals surface area contributed by atoms with Gasteiger partial charge in [0.05, 0.1) is 7.14 Å². The maximum atomic E-state index is 12.8. The number of likely N-dealkylation sites (tertiary alicyclic amines) is 1. The van der Waals surface area contributed by atoms with E-state index in [2.05, 4.69) is 0 Å². The van der Waals surface area contributed by atoms with Gasteiger partial charge in [-0.25, -0.2) is 0 Å². The van der Waals surface area contributed by atoms with Gasteiger partial charge in [-0.15, -0.1) is 0 Å². The number of rotatable bonds is 4. The summed E-state index contributed by atoms with van der Waals surface area (Å²) >= 11 is 0. The van der Waals surface area contributed by atoms with E-state index in [9.17, 15) is 18.9 Å². The van der Waals surface area contributed by atoms with Gasteiger partial charge < -0.3 is 15.2 Å². The lowest BCUT2D eigenvalue weighted by atomic mass is 10.0. The monoisotopic (exact) mass is 363 g/mol. The van der Waals surface area contributed by atoms with Crippen LogP contribution in [0.3, 0.4) is 0 Å². The first-order valence-electron chi connectivity index (χ1n) is 8.25. The zero-order valence-electron chi connectivity index (χ0n) is 14.4. The van der Waals surface area contributed by atoms with Crippen LogP contribution in [0.5, 0.6) is 0 Å². The van der Waals surface area contributed by atoms with Gasteiger partial charge in [-0.3, -0.25) is 19.3 Å². The first-order valence-corrected chi connectivity index (χ1v) is 11.0. The zero-order valence-corrected chi connectivity index (χ0v) is 15.3. The van der Waals surface area contributed by atoms with Crippen molar-refractivity contribution >= 4 is 30.6 Å². The number of fused-ring (bicyclic) bond motifs is 1. The number of benzene rings is 1. The molecule has 7 nitrogen and oxygen atoms in total. The summed E-state index contributed by atoms with van der Waals surface area (Å²) in [4.78, 5) is 40.3. The molecule has 3 amide bonds. The summed E-state index contributed by atoms with van der Waals surface area (Å²) in [6.45, 7) is 3.68. The minimum absolute atomic E-state index is 0.134. The SMILES string of the molecule is CP(C)(=O)CCN1C(=O)CCC(N2Cc3c(N)cccc3C2=O)C1=O. The third-order valence-electron chi connectivity index (χ3n) is 4.75. The highest BCUT2D eigenvalue weighted by Crippen LogP contribution is 2.36. The molecule has 1 saturated heterocycles.